The molecule has 2 rings (SSSR count). The number of carbonyl (C=O) groups excluding carboxylic acids is 2. The molecular weight excluding hydrogens is 362 g/mol. The quantitative estimate of drug-likeness (QED) is 0.482. The van der Waals surface area contributed by atoms with Gasteiger partial charge < -0.3 is 5.32 Å². The van der Waals surface area contributed by atoms with Crippen LogP contribution in [0.25, 0.3) is 0 Å². The Bertz CT molecular complexity index is 791. The van der Waals surface area contributed by atoms with Gasteiger partial charge in [0.25, 0.3) is 0 Å². The van der Waals surface area contributed by atoms with Crippen molar-refractivity contribution in [2.75, 3.05) is 5.32 Å². The van der Waals surface area contributed by atoms with Gasteiger partial charge in [0.1, 0.15) is 0 Å². The van der Waals surface area contributed by atoms with E-state index in [-0.39, 0.29) is 24.7 Å². The number of nitrogens with zero attached hydrogens (tertiary/aromatic N) is 1. The lowest BCUT2D eigenvalue weighted by Crippen LogP contribution is -2.22. The van der Waals surface area contributed by atoms with Crippen LogP contribution < -0.4 is 10.7 Å². The van der Waals surface area contributed by atoms with Gasteiger partial charge in [-0.15, -0.1) is 0 Å². The standard InChI is InChI=1S/C21H24ClN3O2/c1-2-3-12-18(16-9-5-4-6-10-16)24-25-21(27)15-14-20(26)23-19-13-8-7-11-17(19)22/h4-11,13H,2-3,12,14-15H2,1H3,(H,23,26)(H,25,27). The molecule has 2 amide bonds. The Morgan fingerprint density at radius 1 is 0.926 bits per heavy atom. The second-order valence-electron chi connectivity index (χ2n) is 6.09. The van der Waals surface area contributed by atoms with Crippen molar-refractivity contribution >= 4 is 34.8 Å². The van der Waals surface area contributed by atoms with Crippen molar-refractivity contribution in [2.45, 2.75) is 39.0 Å². The molecular formula is C21H24ClN3O2. The maximum absolute atomic E-state index is 12.1. The van der Waals surface area contributed by atoms with Crippen molar-refractivity contribution in [1.82, 2.24) is 5.43 Å². The van der Waals surface area contributed by atoms with Crippen molar-refractivity contribution in [3.8, 4) is 0 Å². The van der Waals surface area contributed by atoms with Crippen LogP contribution in [-0.4, -0.2) is 17.5 Å². The summed E-state index contributed by atoms with van der Waals surface area (Å²) in [5.74, 6) is -0.564. The lowest BCUT2D eigenvalue weighted by atomic mass is 10.1. The fraction of sp³-hybridized carbons (Fsp3) is 0.286. The summed E-state index contributed by atoms with van der Waals surface area (Å²) in [6.45, 7) is 2.11. The fourth-order valence-corrected chi connectivity index (χ4v) is 2.61. The number of halogens is 1. The molecule has 2 aromatic rings. The van der Waals surface area contributed by atoms with E-state index in [1.165, 1.54) is 0 Å². The molecule has 27 heavy (non-hydrogen) atoms. The Morgan fingerprint density at radius 2 is 1.59 bits per heavy atom. The van der Waals surface area contributed by atoms with E-state index in [4.69, 9.17) is 11.6 Å². The minimum absolute atomic E-state index is 0.0512. The van der Waals surface area contributed by atoms with Crippen LogP contribution in [0.5, 0.6) is 0 Å². The molecule has 0 aliphatic carbocycles. The van der Waals surface area contributed by atoms with Crippen molar-refractivity contribution < 1.29 is 9.59 Å². The molecule has 6 heteroatoms. The number of rotatable bonds is 9. The monoisotopic (exact) mass is 385 g/mol. The van der Waals surface area contributed by atoms with Gasteiger partial charge in [-0.3, -0.25) is 9.59 Å². The van der Waals surface area contributed by atoms with Crippen LogP contribution in [-0.2, 0) is 9.59 Å². The van der Waals surface area contributed by atoms with Crippen LogP contribution in [0.1, 0.15) is 44.6 Å². The largest absolute Gasteiger partial charge is 0.325 e. The van der Waals surface area contributed by atoms with Crippen LogP contribution in [0, 0.1) is 0 Å². The van der Waals surface area contributed by atoms with Crippen LogP contribution in [0.2, 0.25) is 5.02 Å². The molecule has 0 aromatic heterocycles. The number of anilines is 1. The highest BCUT2D eigenvalue weighted by atomic mass is 35.5. The van der Waals surface area contributed by atoms with Gasteiger partial charge in [-0.05, 0) is 30.5 Å². The number of unbranched alkanes of at least 4 members (excludes halogenated alkanes) is 1. The summed E-state index contributed by atoms with van der Waals surface area (Å²) in [6, 6.07) is 16.7. The van der Waals surface area contributed by atoms with Gasteiger partial charge >= 0.3 is 0 Å². The first kappa shape index (κ1) is 20.6. The molecule has 0 bridgehead atoms. The zero-order valence-electron chi connectivity index (χ0n) is 15.4. The third kappa shape index (κ3) is 7.23. The molecule has 2 aromatic carbocycles. The lowest BCUT2D eigenvalue weighted by Gasteiger charge is -2.08. The Labute approximate surface area is 164 Å². The molecule has 0 heterocycles. The van der Waals surface area contributed by atoms with Crippen molar-refractivity contribution in [1.29, 1.82) is 0 Å². The number of benzene rings is 2. The van der Waals surface area contributed by atoms with Gasteiger partial charge in [0.05, 0.1) is 16.4 Å². The lowest BCUT2D eigenvalue weighted by molar-refractivity contribution is -0.124. The highest BCUT2D eigenvalue weighted by Crippen LogP contribution is 2.20. The van der Waals surface area contributed by atoms with Crippen LogP contribution >= 0.6 is 11.6 Å². The van der Waals surface area contributed by atoms with Gasteiger partial charge in [-0.25, -0.2) is 5.43 Å². The van der Waals surface area contributed by atoms with Gasteiger partial charge in [-0.1, -0.05) is 67.4 Å². The van der Waals surface area contributed by atoms with E-state index in [9.17, 15) is 9.59 Å². The minimum Gasteiger partial charge on any atom is -0.325 e. The van der Waals surface area contributed by atoms with E-state index in [0.717, 1.165) is 30.5 Å². The molecule has 0 radical (unpaired) electrons. The molecule has 0 saturated carbocycles. The summed E-state index contributed by atoms with van der Waals surface area (Å²) in [5.41, 5.74) is 4.93. The predicted molar refractivity (Wildman–Crippen MR) is 110 cm³/mol. The summed E-state index contributed by atoms with van der Waals surface area (Å²) in [7, 11) is 0. The topological polar surface area (TPSA) is 70.6 Å². The molecule has 2 N–H and O–H groups in total. The number of hydrogen-bond acceptors (Lipinski definition) is 3. The van der Waals surface area contributed by atoms with Gasteiger partial charge in [0, 0.05) is 12.8 Å². The Kier molecular flexibility index (Phi) is 8.52. The number of carbonyl (C=O) groups is 2. The molecule has 5 nitrogen and oxygen atoms in total. The molecule has 0 fully saturated rings. The number of para-hydroxylation sites is 1. The van der Waals surface area contributed by atoms with Crippen molar-refractivity contribution in [2.24, 2.45) is 5.10 Å². The van der Waals surface area contributed by atoms with Crippen LogP contribution in [0.15, 0.2) is 59.7 Å². The Hall–Kier alpha value is -2.66. The molecule has 142 valence electrons. The number of amides is 2. The normalized spacial score (nSPS) is 11.1. The first-order valence-electron chi connectivity index (χ1n) is 9.05. The van der Waals surface area contributed by atoms with Crippen LogP contribution in [0.3, 0.4) is 0 Å². The smallest absolute Gasteiger partial charge is 0.240 e. The van der Waals surface area contributed by atoms with Crippen molar-refractivity contribution in [3.63, 3.8) is 0 Å². The highest BCUT2D eigenvalue weighted by molar-refractivity contribution is 6.33. The molecule has 0 aliphatic heterocycles. The van der Waals surface area contributed by atoms with Gasteiger partial charge in [0.2, 0.25) is 11.8 Å². The minimum atomic E-state index is -0.297. The van der Waals surface area contributed by atoms with E-state index in [0.29, 0.717) is 10.7 Å². The second-order valence-corrected chi connectivity index (χ2v) is 6.50. The molecule has 0 atom stereocenters. The summed E-state index contributed by atoms with van der Waals surface area (Å²) in [5, 5.41) is 7.43. The van der Waals surface area contributed by atoms with E-state index < -0.39 is 0 Å². The summed E-state index contributed by atoms with van der Waals surface area (Å²) in [6.07, 6.45) is 2.93. The Balaban J connectivity index is 1.86. The van der Waals surface area contributed by atoms with Gasteiger partial charge in [-0.2, -0.15) is 5.10 Å². The summed E-state index contributed by atoms with van der Waals surface area (Å²) in [4.78, 5) is 24.0. The first-order valence-corrected chi connectivity index (χ1v) is 9.43. The number of hydrogen-bond donors (Lipinski definition) is 2. The zero-order chi connectivity index (χ0) is 19.5. The van der Waals surface area contributed by atoms with E-state index in [1.54, 1.807) is 24.3 Å². The summed E-state index contributed by atoms with van der Waals surface area (Å²) < 4.78 is 0. The molecule has 0 saturated heterocycles. The zero-order valence-corrected chi connectivity index (χ0v) is 16.1. The van der Waals surface area contributed by atoms with E-state index in [2.05, 4.69) is 22.8 Å². The number of nitrogens with one attached hydrogen (secondary N) is 2. The third-order valence-electron chi connectivity index (χ3n) is 3.92. The van der Waals surface area contributed by atoms with E-state index in [1.807, 2.05) is 30.3 Å². The molecule has 0 spiro atoms. The average molecular weight is 386 g/mol. The molecule has 0 aliphatic rings. The second kappa shape index (κ2) is 11.1. The van der Waals surface area contributed by atoms with Crippen LogP contribution in [0.4, 0.5) is 5.69 Å². The van der Waals surface area contributed by atoms with E-state index >= 15 is 0 Å². The Morgan fingerprint density at radius 3 is 2.30 bits per heavy atom. The third-order valence-corrected chi connectivity index (χ3v) is 4.25. The maximum atomic E-state index is 12.1. The predicted octanol–water partition coefficient (Wildman–Crippen LogP) is 4.77. The number of hydrazone groups is 1. The SMILES string of the molecule is CCCCC(=NNC(=O)CCC(=O)Nc1ccccc1Cl)c1ccccc1. The van der Waals surface area contributed by atoms with Crippen molar-refractivity contribution in [3.05, 3.63) is 65.2 Å². The average Bonchev–Trinajstić information content (AvgIpc) is 2.69. The first-order chi connectivity index (χ1) is 13.1. The summed E-state index contributed by atoms with van der Waals surface area (Å²) >= 11 is 6.00. The maximum Gasteiger partial charge on any atom is 0.240 e. The fourth-order valence-electron chi connectivity index (χ4n) is 2.43. The highest BCUT2D eigenvalue weighted by Gasteiger charge is 2.09. The molecule has 0 unspecified atom stereocenters. The van der Waals surface area contributed by atoms with Gasteiger partial charge in [0.15, 0.2) is 0 Å².